The van der Waals surface area contributed by atoms with Gasteiger partial charge in [-0.15, -0.1) is 0 Å². The average molecular weight is 249 g/mol. The zero-order valence-corrected chi connectivity index (χ0v) is 10.9. The molecule has 0 fully saturated rings. The normalized spacial score (nSPS) is 12.2. The molecule has 0 spiro atoms. The number of rotatable bonds is 5. The van der Waals surface area contributed by atoms with Gasteiger partial charge in [-0.1, -0.05) is 38.1 Å². The molecule has 0 aromatic heterocycles. The van der Waals surface area contributed by atoms with Crippen LogP contribution in [-0.2, 0) is 9.59 Å². The molecule has 0 heterocycles. The predicted octanol–water partition coefficient (Wildman–Crippen LogP) is 2.28. The summed E-state index contributed by atoms with van der Waals surface area (Å²) in [6.45, 7) is 5.47. The highest BCUT2D eigenvalue weighted by Crippen LogP contribution is 2.21. The Morgan fingerprint density at radius 3 is 2.39 bits per heavy atom. The molecule has 0 saturated heterocycles. The number of aryl methyl sites for hydroxylation is 1. The lowest BCUT2D eigenvalue weighted by Gasteiger charge is -2.20. The van der Waals surface area contributed by atoms with Crippen molar-refractivity contribution in [3.8, 4) is 0 Å². The molecule has 1 atom stereocenters. The van der Waals surface area contributed by atoms with Crippen LogP contribution in [0.1, 0.15) is 37.4 Å². The number of amides is 1. The molecule has 4 heteroatoms. The molecule has 0 radical (unpaired) electrons. The summed E-state index contributed by atoms with van der Waals surface area (Å²) in [6, 6.07) is 7.02. The lowest BCUT2D eigenvalue weighted by atomic mass is 9.98. The summed E-state index contributed by atoms with van der Waals surface area (Å²) in [5.74, 6) is -1.22. The second kappa shape index (κ2) is 6.19. The van der Waals surface area contributed by atoms with Gasteiger partial charge < -0.3 is 10.4 Å². The lowest BCUT2D eigenvalue weighted by molar-refractivity contribution is -0.137. The minimum atomic E-state index is -0.924. The number of carboxylic acids is 1. The first-order valence-corrected chi connectivity index (χ1v) is 5.99. The van der Waals surface area contributed by atoms with Gasteiger partial charge >= 0.3 is 5.97 Å². The molecule has 0 aliphatic heterocycles. The number of hydrogen-bond acceptors (Lipinski definition) is 2. The molecule has 1 aromatic rings. The Kier molecular flexibility index (Phi) is 4.89. The van der Waals surface area contributed by atoms with Crippen molar-refractivity contribution in [3.63, 3.8) is 0 Å². The minimum absolute atomic E-state index is 0.108. The Morgan fingerprint density at radius 2 is 1.89 bits per heavy atom. The third-order valence-corrected chi connectivity index (χ3v) is 2.78. The maximum Gasteiger partial charge on any atom is 0.305 e. The predicted molar refractivity (Wildman–Crippen MR) is 69.2 cm³/mol. The summed E-state index contributed by atoms with van der Waals surface area (Å²) < 4.78 is 0. The van der Waals surface area contributed by atoms with Gasteiger partial charge in [-0.05, 0) is 18.1 Å². The standard InChI is InChI=1S/C14H19NO3/c1-9(2)14(18)15-12(8-13(16)17)11-7-5-4-6-10(11)3/h4-7,9,12H,8H2,1-3H3,(H,15,18)(H,16,17). The van der Waals surface area contributed by atoms with Crippen molar-refractivity contribution in [2.24, 2.45) is 5.92 Å². The fourth-order valence-electron chi connectivity index (χ4n) is 1.73. The van der Waals surface area contributed by atoms with Crippen molar-refractivity contribution in [1.29, 1.82) is 0 Å². The topological polar surface area (TPSA) is 66.4 Å². The van der Waals surface area contributed by atoms with Gasteiger partial charge in [0, 0.05) is 5.92 Å². The molecule has 98 valence electrons. The minimum Gasteiger partial charge on any atom is -0.481 e. The first kappa shape index (κ1) is 14.2. The van der Waals surface area contributed by atoms with Crippen LogP contribution in [0.4, 0.5) is 0 Å². The number of aliphatic carboxylic acids is 1. The van der Waals surface area contributed by atoms with Crippen molar-refractivity contribution in [2.75, 3.05) is 0 Å². The molecule has 18 heavy (non-hydrogen) atoms. The first-order valence-electron chi connectivity index (χ1n) is 5.99. The van der Waals surface area contributed by atoms with E-state index >= 15 is 0 Å². The number of hydrogen-bond donors (Lipinski definition) is 2. The van der Waals surface area contributed by atoms with Crippen molar-refractivity contribution >= 4 is 11.9 Å². The number of benzene rings is 1. The Morgan fingerprint density at radius 1 is 1.28 bits per heavy atom. The Hall–Kier alpha value is -1.84. The summed E-state index contributed by atoms with van der Waals surface area (Å²) in [5.41, 5.74) is 1.83. The van der Waals surface area contributed by atoms with E-state index in [1.165, 1.54) is 0 Å². The van der Waals surface area contributed by atoms with Crippen molar-refractivity contribution in [3.05, 3.63) is 35.4 Å². The van der Waals surface area contributed by atoms with Crippen LogP contribution in [0.2, 0.25) is 0 Å². The van der Waals surface area contributed by atoms with Gasteiger partial charge in [0.05, 0.1) is 12.5 Å². The van der Waals surface area contributed by atoms with Crippen LogP contribution < -0.4 is 5.32 Å². The summed E-state index contributed by atoms with van der Waals surface area (Å²) >= 11 is 0. The average Bonchev–Trinajstić information content (AvgIpc) is 2.28. The monoisotopic (exact) mass is 249 g/mol. The van der Waals surface area contributed by atoms with Gasteiger partial charge in [0.15, 0.2) is 0 Å². The molecule has 1 unspecified atom stereocenters. The summed E-state index contributed by atoms with van der Waals surface area (Å²) in [7, 11) is 0. The quantitative estimate of drug-likeness (QED) is 0.841. The molecule has 2 N–H and O–H groups in total. The molecular weight excluding hydrogens is 230 g/mol. The lowest BCUT2D eigenvalue weighted by Crippen LogP contribution is -2.33. The van der Waals surface area contributed by atoms with Gasteiger partial charge in [-0.25, -0.2) is 0 Å². The Bertz CT molecular complexity index is 440. The van der Waals surface area contributed by atoms with Crippen LogP contribution in [0, 0.1) is 12.8 Å². The van der Waals surface area contributed by atoms with Crippen LogP contribution in [0.5, 0.6) is 0 Å². The fraction of sp³-hybridized carbons (Fsp3) is 0.429. The van der Waals surface area contributed by atoms with E-state index in [1.54, 1.807) is 13.8 Å². The fourth-order valence-corrected chi connectivity index (χ4v) is 1.73. The first-order chi connectivity index (χ1) is 8.41. The molecule has 1 amide bonds. The second-order valence-corrected chi connectivity index (χ2v) is 4.67. The van der Waals surface area contributed by atoms with Crippen molar-refractivity contribution in [2.45, 2.75) is 33.2 Å². The maximum absolute atomic E-state index is 11.7. The SMILES string of the molecule is Cc1ccccc1C(CC(=O)O)NC(=O)C(C)C. The molecule has 1 rings (SSSR count). The Balaban J connectivity index is 2.95. The largest absolute Gasteiger partial charge is 0.481 e. The summed E-state index contributed by atoms with van der Waals surface area (Å²) in [5, 5.41) is 11.7. The van der Waals surface area contributed by atoms with E-state index in [-0.39, 0.29) is 18.2 Å². The third kappa shape index (κ3) is 3.87. The highest BCUT2D eigenvalue weighted by molar-refractivity contribution is 5.79. The number of carbonyl (C=O) groups is 2. The van der Waals surface area contributed by atoms with E-state index in [9.17, 15) is 9.59 Å². The van der Waals surface area contributed by atoms with E-state index in [0.717, 1.165) is 11.1 Å². The molecule has 0 aliphatic carbocycles. The highest BCUT2D eigenvalue weighted by atomic mass is 16.4. The molecule has 4 nitrogen and oxygen atoms in total. The van der Waals surface area contributed by atoms with Crippen LogP contribution >= 0.6 is 0 Å². The summed E-state index contributed by atoms with van der Waals surface area (Å²) in [6.07, 6.45) is -0.108. The summed E-state index contributed by atoms with van der Waals surface area (Å²) in [4.78, 5) is 22.6. The van der Waals surface area contributed by atoms with Crippen LogP contribution in [0.25, 0.3) is 0 Å². The van der Waals surface area contributed by atoms with E-state index in [0.29, 0.717) is 0 Å². The van der Waals surface area contributed by atoms with E-state index in [1.807, 2.05) is 31.2 Å². The van der Waals surface area contributed by atoms with Gasteiger partial charge in [0.2, 0.25) is 5.91 Å². The van der Waals surface area contributed by atoms with E-state index in [2.05, 4.69) is 5.32 Å². The van der Waals surface area contributed by atoms with Gasteiger partial charge in [0.1, 0.15) is 0 Å². The van der Waals surface area contributed by atoms with Gasteiger partial charge in [-0.3, -0.25) is 9.59 Å². The smallest absolute Gasteiger partial charge is 0.305 e. The zero-order chi connectivity index (χ0) is 13.7. The van der Waals surface area contributed by atoms with E-state index in [4.69, 9.17) is 5.11 Å². The number of nitrogens with one attached hydrogen (secondary N) is 1. The van der Waals surface area contributed by atoms with Crippen molar-refractivity contribution < 1.29 is 14.7 Å². The van der Waals surface area contributed by atoms with Crippen LogP contribution in [-0.4, -0.2) is 17.0 Å². The Labute approximate surface area is 107 Å². The van der Waals surface area contributed by atoms with Crippen molar-refractivity contribution in [1.82, 2.24) is 5.32 Å². The number of carbonyl (C=O) groups excluding carboxylic acids is 1. The van der Waals surface area contributed by atoms with Crippen LogP contribution in [0.15, 0.2) is 24.3 Å². The second-order valence-electron chi connectivity index (χ2n) is 4.67. The van der Waals surface area contributed by atoms with Gasteiger partial charge in [-0.2, -0.15) is 0 Å². The molecule has 0 saturated carbocycles. The maximum atomic E-state index is 11.7. The van der Waals surface area contributed by atoms with Crippen LogP contribution in [0.3, 0.4) is 0 Å². The molecule has 1 aromatic carbocycles. The highest BCUT2D eigenvalue weighted by Gasteiger charge is 2.20. The third-order valence-electron chi connectivity index (χ3n) is 2.78. The van der Waals surface area contributed by atoms with Gasteiger partial charge in [0.25, 0.3) is 0 Å². The zero-order valence-electron chi connectivity index (χ0n) is 10.9. The number of carboxylic acid groups (broad SMARTS) is 1. The molecule has 0 bridgehead atoms. The van der Waals surface area contributed by atoms with E-state index < -0.39 is 12.0 Å². The molecular formula is C14H19NO3. The molecule has 0 aliphatic rings.